The average Bonchev–Trinajstić information content (AvgIpc) is 2.85. The monoisotopic (exact) mass is 303 g/mol. The van der Waals surface area contributed by atoms with E-state index in [1.165, 1.54) is 13.2 Å². The number of hydrogen-bond acceptors (Lipinski definition) is 5. The number of methoxy groups -OCH3 is 2. The van der Waals surface area contributed by atoms with Gasteiger partial charge in [0.15, 0.2) is 0 Å². The summed E-state index contributed by atoms with van der Waals surface area (Å²) in [6.45, 7) is 4.95. The molecular formula is C16H17NO5. The third-order valence-electron chi connectivity index (χ3n) is 2.69. The summed E-state index contributed by atoms with van der Waals surface area (Å²) in [5.41, 5.74) is 1.53. The Labute approximate surface area is 128 Å². The maximum Gasteiger partial charge on any atom is 0.332 e. The van der Waals surface area contributed by atoms with Gasteiger partial charge in [-0.2, -0.15) is 0 Å². The summed E-state index contributed by atoms with van der Waals surface area (Å²) in [6, 6.07) is 6.96. The van der Waals surface area contributed by atoms with Crippen molar-refractivity contribution in [2.24, 2.45) is 0 Å². The Balaban J connectivity index is 0.000000295. The first-order chi connectivity index (χ1) is 10.4. The van der Waals surface area contributed by atoms with Crippen molar-refractivity contribution < 1.29 is 23.9 Å². The Hall–Kier alpha value is -2.89. The first kappa shape index (κ1) is 17.2. The molecule has 0 fully saturated rings. The van der Waals surface area contributed by atoms with Crippen LogP contribution in [0, 0.1) is 0 Å². The molecule has 116 valence electrons. The standard InChI is InChI=1S/C11H9NO3.C5H8O2/c1-15-8-4-2-7(3-5-8)9-6-10(13)12-11(9)14;1-4(2)5(6)7-3/h2-6H,1H3,(H,12,13,14);1H2,2-3H3. The van der Waals surface area contributed by atoms with Crippen LogP contribution in [0.1, 0.15) is 12.5 Å². The van der Waals surface area contributed by atoms with Crippen LogP contribution < -0.4 is 10.1 Å². The molecule has 1 heterocycles. The van der Waals surface area contributed by atoms with Gasteiger partial charge in [0.25, 0.3) is 11.8 Å². The molecule has 2 rings (SSSR count). The van der Waals surface area contributed by atoms with Crippen molar-refractivity contribution >= 4 is 23.4 Å². The molecule has 0 saturated carbocycles. The van der Waals surface area contributed by atoms with E-state index in [-0.39, 0.29) is 17.8 Å². The summed E-state index contributed by atoms with van der Waals surface area (Å²) in [4.78, 5) is 32.4. The molecule has 0 atom stereocenters. The van der Waals surface area contributed by atoms with Gasteiger partial charge in [-0.05, 0) is 24.6 Å². The number of nitrogens with one attached hydrogen (secondary N) is 1. The fourth-order valence-electron chi connectivity index (χ4n) is 1.57. The Bertz CT molecular complexity index is 628. The minimum Gasteiger partial charge on any atom is -0.497 e. The first-order valence-electron chi connectivity index (χ1n) is 6.34. The number of carbonyl (C=O) groups is 3. The number of amides is 2. The van der Waals surface area contributed by atoms with Crippen molar-refractivity contribution in [3.8, 4) is 5.75 Å². The minimum absolute atomic E-state index is 0.347. The van der Waals surface area contributed by atoms with E-state index in [0.717, 1.165) is 0 Å². The van der Waals surface area contributed by atoms with Gasteiger partial charge in [-0.15, -0.1) is 0 Å². The van der Waals surface area contributed by atoms with Crippen LogP contribution in [-0.2, 0) is 19.1 Å². The van der Waals surface area contributed by atoms with Crippen molar-refractivity contribution in [2.75, 3.05) is 14.2 Å². The highest BCUT2D eigenvalue weighted by molar-refractivity contribution is 6.33. The molecular weight excluding hydrogens is 286 g/mol. The first-order valence-corrected chi connectivity index (χ1v) is 6.34. The minimum atomic E-state index is -0.370. The van der Waals surface area contributed by atoms with Crippen molar-refractivity contribution in [3.63, 3.8) is 0 Å². The molecule has 6 heteroatoms. The topological polar surface area (TPSA) is 81.7 Å². The zero-order valence-electron chi connectivity index (χ0n) is 12.6. The van der Waals surface area contributed by atoms with Crippen LogP contribution in [0.2, 0.25) is 0 Å². The second-order valence-electron chi connectivity index (χ2n) is 4.38. The van der Waals surface area contributed by atoms with Gasteiger partial charge in [-0.25, -0.2) is 4.79 Å². The molecule has 0 saturated heterocycles. The van der Waals surface area contributed by atoms with E-state index in [9.17, 15) is 14.4 Å². The van der Waals surface area contributed by atoms with Crippen molar-refractivity contribution in [2.45, 2.75) is 6.92 Å². The zero-order valence-corrected chi connectivity index (χ0v) is 12.6. The second kappa shape index (κ2) is 7.78. The summed E-state index contributed by atoms with van der Waals surface area (Å²) in [7, 11) is 2.90. The lowest BCUT2D eigenvalue weighted by atomic mass is 10.1. The molecule has 22 heavy (non-hydrogen) atoms. The normalized spacial score (nSPS) is 12.6. The molecule has 0 aromatic heterocycles. The van der Waals surface area contributed by atoms with Crippen LogP contribution in [0.4, 0.5) is 0 Å². The summed E-state index contributed by atoms with van der Waals surface area (Å²) >= 11 is 0. The lowest BCUT2D eigenvalue weighted by Crippen LogP contribution is -2.21. The molecule has 1 aliphatic heterocycles. The van der Waals surface area contributed by atoms with Crippen molar-refractivity contribution in [1.82, 2.24) is 5.32 Å². The SMILES string of the molecule is C=C(C)C(=O)OC.COc1ccc(C2=CC(=O)NC2=O)cc1. The largest absolute Gasteiger partial charge is 0.497 e. The number of rotatable bonds is 3. The van der Waals surface area contributed by atoms with Crippen LogP contribution in [0.25, 0.3) is 5.57 Å². The van der Waals surface area contributed by atoms with E-state index in [2.05, 4.69) is 16.6 Å². The van der Waals surface area contributed by atoms with E-state index >= 15 is 0 Å². The smallest absolute Gasteiger partial charge is 0.332 e. The van der Waals surface area contributed by atoms with Crippen LogP contribution in [-0.4, -0.2) is 32.0 Å². The van der Waals surface area contributed by atoms with Gasteiger partial charge in [-0.1, -0.05) is 18.7 Å². The van der Waals surface area contributed by atoms with Gasteiger partial charge in [0.2, 0.25) is 0 Å². The molecule has 0 unspecified atom stereocenters. The summed E-state index contributed by atoms with van der Waals surface area (Å²) in [5.74, 6) is -0.361. The highest BCUT2D eigenvalue weighted by Crippen LogP contribution is 2.20. The van der Waals surface area contributed by atoms with Gasteiger partial charge in [0.05, 0.1) is 19.8 Å². The van der Waals surface area contributed by atoms with Crippen molar-refractivity contribution in [3.05, 3.63) is 48.1 Å². The van der Waals surface area contributed by atoms with E-state index in [0.29, 0.717) is 22.5 Å². The molecule has 0 bridgehead atoms. The molecule has 0 spiro atoms. The highest BCUT2D eigenvalue weighted by Gasteiger charge is 2.21. The summed E-state index contributed by atoms with van der Waals surface area (Å²) in [5, 5.41) is 2.19. The number of benzene rings is 1. The van der Waals surface area contributed by atoms with Gasteiger partial charge >= 0.3 is 5.97 Å². The van der Waals surface area contributed by atoms with Crippen LogP contribution in [0.15, 0.2) is 42.5 Å². The lowest BCUT2D eigenvalue weighted by Gasteiger charge is -2.02. The molecule has 0 aliphatic carbocycles. The Morgan fingerprint density at radius 2 is 1.73 bits per heavy atom. The van der Waals surface area contributed by atoms with Gasteiger partial charge in [0, 0.05) is 11.6 Å². The van der Waals surface area contributed by atoms with Crippen LogP contribution in [0.3, 0.4) is 0 Å². The number of hydrogen-bond donors (Lipinski definition) is 1. The number of imide groups is 1. The van der Waals surface area contributed by atoms with Crippen LogP contribution in [0.5, 0.6) is 5.75 Å². The zero-order chi connectivity index (χ0) is 16.7. The maximum atomic E-state index is 11.3. The molecule has 0 radical (unpaired) electrons. The summed E-state index contributed by atoms with van der Waals surface area (Å²) in [6.07, 6.45) is 1.30. The van der Waals surface area contributed by atoms with Crippen molar-refractivity contribution in [1.29, 1.82) is 0 Å². The third-order valence-corrected chi connectivity index (χ3v) is 2.69. The Morgan fingerprint density at radius 3 is 2.05 bits per heavy atom. The average molecular weight is 303 g/mol. The second-order valence-corrected chi connectivity index (χ2v) is 4.38. The lowest BCUT2D eigenvalue weighted by molar-refractivity contribution is -0.136. The Morgan fingerprint density at radius 1 is 1.14 bits per heavy atom. The molecule has 2 amide bonds. The quantitative estimate of drug-likeness (QED) is 0.519. The fraction of sp³-hybridized carbons (Fsp3) is 0.188. The highest BCUT2D eigenvalue weighted by atomic mass is 16.5. The van der Waals surface area contributed by atoms with E-state index < -0.39 is 0 Å². The molecule has 1 aromatic rings. The van der Waals surface area contributed by atoms with E-state index in [1.54, 1.807) is 38.3 Å². The predicted molar refractivity (Wildman–Crippen MR) is 81.0 cm³/mol. The van der Waals surface area contributed by atoms with Gasteiger partial charge in [0.1, 0.15) is 5.75 Å². The predicted octanol–water partition coefficient (Wildman–Crippen LogP) is 1.47. The fourth-order valence-corrected chi connectivity index (χ4v) is 1.57. The number of esters is 1. The molecule has 1 aromatic carbocycles. The van der Waals surface area contributed by atoms with Crippen LogP contribution >= 0.6 is 0 Å². The van der Waals surface area contributed by atoms with Gasteiger partial charge < -0.3 is 9.47 Å². The third kappa shape index (κ3) is 4.59. The van der Waals surface area contributed by atoms with E-state index in [1.807, 2.05) is 0 Å². The Kier molecular flexibility index (Phi) is 6.07. The molecule has 1 N–H and O–H groups in total. The van der Waals surface area contributed by atoms with Gasteiger partial charge in [-0.3, -0.25) is 14.9 Å². The maximum absolute atomic E-state index is 11.3. The number of carbonyl (C=O) groups excluding carboxylic acids is 3. The number of ether oxygens (including phenoxy) is 2. The molecule has 6 nitrogen and oxygen atoms in total. The summed E-state index contributed by atoms with van der Waals surface area (Å²) < 4.78 is 9.27. The van der Waals surface area contributed by atoms with E-state index in [4.69, 9.17) is 4.74 Å². The molecule has 1 aliphatic rings.